The summed E-state index contributed by atoms with van der Waals surface area (Å²) in [5.41, 5.74) is 1.80. The lowest BCUT2D eigenvalue weighted by Crippen LogP contribution is -2.36. The van der Waals surface area contributed by atoms with Crippen LogP contribution in [0.3, 0.4) is 0 Å². The highest BCUT2D eigenvalue weighted by Gasteiger charge is 2.18. The van der Waals surface area contributed by atoms with Gasteiger partial charge in [-0.3, -0.25) is 10.1 Å². The molecule has 138 valence electrons. The summed E-state index contributed by atoms with van der Waals surface area (Å²) in [7, 11) is 0. The lowest BCUT2D eigenvalue weighted by atomic mass is 10.2. The second kappa shape index (κ2) is 7.96. The Morgan fingerprint density at radius 3 is 2.54 bits per heavy atom. The van der Waals surface area contributed by atoms with E-state index in [1.54, 1.807) is 0 Å². The number of rotatable bonds is 6. The molecule has 0 radical (unpaired) electrons. The highest BCUT2D eigenvalue weighted by atomic mass is 16.6. The Kier molecular flexibility index (Phi) is 5.47. The average molecular weight is 358 g/mol. The van der Waals surface area contributed by atoms with Crippen LogP contribution in [0.5, 0.6) is 0 Å². The first-order valence-electron chi connectivity index (χ1n) is 8.50. The summed E-state index contributed by atoms with van der Waals surface area (Å²) in [5.74, 6) is 0.505. The fraction of sp³-hybridized carbons (Fsp3) is 0.412. The minimum Gasteiger partial charge on any atom is -0.378 e. The molecule has 3 rings (SSSR count). The summed E-state index contributed by atoms with van der Waals surface area (Å²) in [4.78, 5) is 21.2. The molecule has 1 fully saturated rings. The molecule has 1 saturated heterocycles. The number of anilines is 4. The van der Waals surface area contributed by atoms with Crippen molar-refractivity contribution in [3.8, 4) is 0 Å². The quantitative estimate of drug-likeness (QED) is 0.600. The number of aromatic nitrogens is 2. The second-order valence-corrected chi connectivity index (χ2v) is 6.25. The normalized spacial score (nSPS) is 14.3. The van der Waals surface area contributed by atoms with Crippen molar-refractivity contribution < 1.29 is 9.66 Å². The maximum atomic E-state index is 11.1. The molecule has 0 spiro atoms. The van der Waals surface area contributed by atoms with Crippen LogP contribution in [0.1, 0.15) is 13.8 Å². The van der Waals surface area contributed by atoms with E-state index in [1.807, 2.05) is 38.1 Å². The predicted octanol–water partition coefficient (Wildman–Crippen LogP) is 2.79. The van der Waals surface area contributed by atoms with Crippen LogP contribution in [0.15, 0.2) is 30.5 Å². The maximum absolute atomic E-state index is 11.1. The van der Waals surface area contributed by atoms with Gasteiger partial charge in [-0.15, -0.1) is 0 Å². The molecular formula is C17H22N6O3. The second-order valence-electron chi connectivity index (χ2n) is 6.25. The number of nitrogens with zero attached hydrogens (tertiary/aromatic N) is 4. The highest BCUT2D eigenvalue weighted by molar-refractivity contribution is 5.63. The molecule has 0 saturated carbocycles. The van der Waals surface area contributed by atoms with E-state index < -0.39 is 4.92 Å². The Labute approximate surface area is 151 Å². The number of hydrogen-bond acceptors (Lipinski definition) is 8. The molecule has 0 bridgehead atoms. The van der Waals surface area contributed by atoms with E-state index in [-0.39, 0.29) is 17.5 Å². The Balaban J connectivity index is 1.74. The van der Waals surface area contributed by atoms with Gasteiger partial charge in [0.2, 0.25) is 11.8 Å². The SMILES string of the molecule is CC(C)Nc1nc(Nc2ccc(N3CCOCC3)cc2)ncc1[N+](=O)[O-]. The molecule has 2 aromatic rings. The topological polar surface area (TPSA) is 105 Å². The standard InChI is InChI=1S/C17H22N6O3/c1-12(2)19-16-15(23(24)25)11-18-17(21-16)20-13-3-5-14(6-4-13)22-7-9-26-10-8-22/h3-6,11-12H,7-10H2,1-2H3,(H2,18,19,20,21). The number of hydrogen-bond donors (Lipinski definition) is 2. The van der Waals surface area contributed by atoms with Crippen molar-refractivity contribution in [3.63, 3.8) is 0 Å². The molecule has 0 atom stereocenters. The first kappa shape index (κ1) is 17.9. The molecular weight excluding hydrogens is 336 g/mol. The summed E-state index contributed by atoms with van der Waals surface area (Å²) in [5, 5.41) is 17.2. The largest absolute Gasteiger partial charge is 0.378 e. The van der Waals surface area contributed by atoms with Crippen molar-refractivity contribution in [3.05, 3.63) is 40.6 Å². The number of ether oxygens (including phenoxy) is 1. The van der Waals surface area contributed by atoms with Gasteiger partial charge in [0.05, 0.1) is 18.1 Å². The van der Waals surface area contributed by atoms with Gasteiger partial charge in [0.15, 0.2) is 0 Å². The molecule has 0 aliphatic carbocycles. The lowest BCUT2D eigenvalue weighted by Gasteiger charge is -2.28. The van der Waals surface area contributed by atoms with E-state index >= 15 is 0 Å². The molecule has 26 heavy (non-hydrogen) atoms. The van der Waals surface area contributed by atoms with Gasteiger partial charge in [-0.2, -0.15) is 4.98 Å². The fourth-order valence-corrected chi connectivity index (χ4v) is 2.66. The van der Waals surface area contributed by atoms with Crippen LogP contribution in [-0.2, 0) is 4.74 Å². The van der Waals surface area contributed by atoms with E-state index in [4.69, 9.17) is 4.74 Å². The summed E-state index contributed by atoms with van der Waals surface area (Å²) in [6.45, 7) is 7.02. The van der Waals surface area contributed by atoms with Gasteiger partial charge in [-0.25, -0.2) is 4.98 Å². The van der Waals surface area contributed by atoms with E-state index in [0.29, 0.717) is 5.95 Å². The van der Waals surface area contributed by atoms with E-state index in [2.05, 4.69) is 25.5 Å². The van der Waals surface area contributed by atoms with Gasteiger partial charge in [-0.05, 0) is 38.1 Å². The first-order valence-corrected chi connectivity index (χ1v) is 8.50. The van der Waals surface area contributed by atoms with Crippen LogP contribution in [-0.4, -0.2) is 47.2 Å². The zero-order valence-corrected chi connectivity index (χ0v) is 14.8. The monoisotopic (exact) mass is 358 g/mol. The lowest BCUT2D eigenvalue weighted by molar-refractivity contribution is -0.384. The molecule has 9 heteroatoms. The number of nitro groups is 1. The Bertz CT molecular complexity index is 760. The maximum Gasteiger partial charge on any atom is 0.329 e. The first-order chi connectivity index (χ1) is 12.5. The van der Waals surface area contributed by atoms with E-state index in [0.717, 1.165) is 37.7 Å². The Morgan fingerprint density at radius 2 is 1.92 bits per heavy atom. The molecule has 2 N–H and O–H groups in total. The Morgan fingerprint density at radius 1 is 1.23 bits per heavy atom. The minimum absolute atomic E-state index is 0.0178. The predicted molar refractivity (Wildman–Crippen MR) is 100 cm³/mol. The van der Waals surface area contributed by atoms with E-state index in [9.17, 15) is 10.1 Å². The van der Waals surface area contributed by atoms with Crippen LogP contribution in [0.25, 0.3) is 0 Å². The van der Waals surface area contributed by atoms with Crippen LogP contribution in [0.4, 0.5) is 28.8 Å². The summed E-state index contributed by atoms with van der Waals surface area (Å²) in [6, 6.07) is 7.93. The van der Waals surface area contributed by atoms with Gasteiger partial charge in [0.25, 0.3) is 0 Å². The minimum atomic E-state index is -0.494. The zero-order chi connectivity index (χ0) is 18.5. The van der Waals surface area contributed by atoms with E-state index in [1.165, 1.54) is 6.20 Å². The summed E-state index contributed by atoms with van der Waals surface area (Å²) < 4.78 is 5.36. The van der Waals surface area contributed by atoms with Crippen LogP contribution in [0, 0.1) is 10.1 Å². The molecule has 1 aliphatic heterocycles. The van der Waals surface area contributed by atoms with Crippen LogP contribution in [0.2, 0.25) is 0 Å². The molecule has 0 amide bonds. The van der Waals surface area contributed by atoms with Crippen molar-refractivity contribution in [2.75, 3.05) is 41.8 Å². The highest BCUT2D eigenvalue weighted by Crippen LogP contribution is 2.25. The third-order valence-electron chi connectivity index (χ3n) is 3.89. The molecule has 9 nitrogen and oxygen atoms in total. The number of morpholine rings is 1. The molecule has 1 aromatic carbocycles. The van der Waals surface area contributed by atoms with Crippen LogP contribution < -0.4 is 15.5 Å². The van der Waals surface area contributed by atoms with Gasteiger partial charge in [0.1, 0.15) is 6.20 Å². The summed E-state index contributed by atoms with van der Waals surface area (Å²) >= 11 is 0. The summed E-state index contributed by atoms with van der Waals surface area (Å²) in [6.07, 6.45) is 1.21. The van der Waals surface area contributed by atoms with Crippen molar-refractivity contribution in [1.29, 1.82) is 0 Å². The fourth-order valence-electron chi connectivity index (χ4n) is 2.66. The third kappa shape index (κ3) is 4.37. The smallest absolute Gasteiger partial charge is 0.329 e. The van der Waals surface area contributed by atoms with Gasteiger partial charge >= 0.3 is 5.69 Å². The molecule has 2 heterocycles. The molecule has 1 aromatic heterocycles. The third-order valence-corrected chi connectivity index (χ3v) is 3.89. The Hall–Kier alpha value is -2.94. The van der Waals surface area contributed by atoms with Gasteiger partial charge in [-0.1, -0.05) is 0 Å². The number of nitrogens with one attached hydrogen (secondary N) is 2. The molecule has 0 unspecified atom stereocenters. The van der Waals surface area contributed by atoms with Gasteiger partial charge in [0, 0.05) is 30.5 Å². The average Bonchev–Trinajstić information content (AvgIpc) is 2.62. The van der Waals surface area contributed by atoms with Gasteiger partial charge < -0.3 is 20.3 Å². The number of benzene rings is 1. The van der Waals surface area contributed by atoms with Crippen molar-refractivity contribution >= 4 is 28.8 Å². The molecule has 1 aliphatic rings. The van der Waals surface area contributed by atoms with Crippen LogP contribution >= 0.6 is 0 Å². The zero-order valence-electron chi connectivity index (χ0n) is 14.8. The van der Waals surface area contributed by atoms with Crippen molar-refractivity contribution in [2.45, 2.75) is 19.9 Å². The van der Waals surface area contributed by atoms with Crippen molar-refractivity contribution in [1.82, 2.24) is 9.97 Å². The van der Waals surface area contributed by atoms with Crippen molar-refractivity contribution in [2.24, 2.45) is 0 Å².